The van der Waals surface area contributed by atoms with Crippen LogP contribution in [0.25, 0.3) is 0 Å². The van der Waals surface area contributed by atoms with Gasteiger partial charge in [0.15, 0.2) is 0 Å². The first kappa shape index (κ1) is 11.7. The second-order valence-electron chi connectivity index (χ2n) is 3.33. The SMILES string of the molecule is C=CCCCNC(C)C(C)CO. The number of unbranched alkanes of at least 4 members (excludes halogenated alkanes) is 1. The minimum absolute atomic E-state index is 0.260. The Hall–Kier alpha value is -0.340. The molecular weight excluding hydrogens is 150 g/mol. The summed E-state index contributed by atoms with van der Waals surface area (Å²) in [6.45, 7) is 9.08. The lowest BCUT2D eigenvalue weighted by Crippen LogP contribution is -2.34. The van der Waals surface area contributed by atoms with Crippen molar-refractivity contribution in [2.45, 2.75) is 32.7 Å². The summed E-state index contributed by atoms with van der Waals surface area (Å²) in [5, 5.41) is 12.2. The molecule has 2 atom stereocenters. The van der Waals surface area contributed by atoms with E-state index in [0.29, 0.717) is 12.0 Å². The lowest BCUT2D eigenvalue weighted by molar-refractivity contribution is 0.207. The van der Waals surface area contributed by atoms with Crippen LogP contribution in [-0.2, 0) is 0 Å². The molecule has 72 valence electrons. The largest absolute Gasteiger partial charge is 0.396 e. The maximum Gasteiger partial charge on any atom is 0.0471 e. The number of allylic oxidation sites excluding steroid dienone is 1. The van der Waals surface area contributed by atoms with Crippen LogP contribution in [-0.4, -0.2) is 24.3 Å². The molecule has 0 heterocycles. The molecule has 2 N–H and O–H groups in total. The van der Waals surface area contributed by atoms with Crippen molar-refractivity contribution in [1.82, 2.24) is 5.32 Å². The maximum absolute atomic E-state index is 8.85. The second-order valence-corrected chi connectivity index (χ2v) is 3.33. The topological polar surface area (TPSA) is 32.3 Å². The van der Waals surface area contributed by atoms with Gasteiger partial charge in [-0.1, -0.05) is 13.0 Å². The molecule has 0 aromatic carbocycles. The van der Waals surface area contributed by atoms with Crippen molar-refractivity contribution in [3.8, 4) is 0 Å². The van der Waals surface area contributed by atoms with Gasteiger partial charge < -0.3 is 10.4 Å². The van der Waals surface area contributed by atoms with E-state index in [2.05, 4.69) is 18.8 Å². The van der Waals surface area contributed by atoms with E-state index in [9.17, 15) is 0 Å². The molecule has 0 bridgehead atoms. The highest BCUT2D eigenvalue weighted by Gasteiger charge is 2.08. The van der Waals surface area contributed by atoms with E-state index in [1.54, 1.807) is 0 Å². The van der Waals surface area contributed by atoms with Gasteiger partial charge in [-0.25, -0.2) is 0 Å². The number of rotatable bonds is 7. The Morgan fingerprint density at radius 3 is 2.67 bits per heavy atom. The van der Waals surface area contributed by atoms with Crippen LogP contribution < -0.4 is 5.32 Å². The molecule has 0 aliphatic heterocycles. The molecule has 0 aliphatic carbocycles. The molecule has 0 amide bonds. The van der Waals surface area contributed by atoms with Crippen LogP contribution in [0.3, 0.4) is 0 Å². The zero-order valence-electron chi connectivity index (χ0n) is 8.21. The zero-order valence-corrected chi connectivity index (χ0v) is 8.21. The standard InChI is InChI=1S/C10H21NO/c1-4-5-6-7-11-10(3)9(2)8-12/h4,9-12H,1,5-8H2,2-3H3. The summed E-state index contributed by atoms with van der Waals surface area (Å²) in [6.07, 6.45) is 4.13. The van der Waals surface area contributed by atoms with Crippen LogP contribution in [0.15, 0.2) is 12.7 Å². The van der Waals surface area contributed by atoms with Crippen molar-refractivity contribution in [3.63, 3.8) is 0 Å². The van der Waals surface area contributed by atoms with Gasteiger partial charge in [0, 0.05) is 12.6 Å². The molecule has 0 saturated carbocycles. The first-order chi connectivity index (χ1) is 5.72. The normalized spacial score (nSPS) is 15.6. The highest BCUT2D eigenvalue weighted by molar-refractivity contribution is 4.70. The molecule has 0 rings (SSSR count). The lowest BCUT2D eigenvalue weighted by atomic mass is 10.1. The third-order valence-electron chi connectivity index (χ3n) is 2.19. The minimum Gasteiger partial charge on any atom is -0.396 e. The van der Waals surface area contributed by atoms with Crippen LogP contribution >= 0.6 is 0 Å². The van der Waals surface area contributed by atoms with Gasteiger partial charge in [-0.2, -0.15) is 0 Å². The Balaban J connectivity index is 3.30. The Labute approximate surface area is 75.7 Å². The number of aliphatic hydroxyl groups is 1. The summed E-state index contributed by atoms with van der Waals surface area (Å²) in [5.41, 5.74) is 0. The third kappa shape index (κ3) is 5.33. The Morgan fingerprint density at radius 2 is 2.17 bits per heavy atom. The summed E-state index contributed by atoms with van der Waals surface area (Å²) < 4.78 is 0. The summed E-state index contributed by atoms with van der Waals surface area (Å²) in [6, 6.07) is 0.403. The van der Waals surface area contributed by atoms with Crippen molar-refractivity contribution in [2.24, 2.45) is 5.92 Å². The average Bonchev–Trinajstić information content (AvgIpc) is 2.10. The van der Waals surface area contributed by atoms with E-state index in [1.807, 2.05) is 13.0 Å². The van der Waals surface area contributed by atoms with Gasteiger partial charge in [0.05, 0.1) is 0 Å². The van der Waals surface area contributed by atoms with Gasteiger partial charge in [0.1, 0.15) is 0 Å². The molecule has 0 aromatic heterocycles. The van der Waals surface area contributed by atoms with Crippen molar-refractivity contribution in [2.75, 3.05) is 13.2 Å². The van der Waals surface area contributed by atoms with Crippen LogP contribution in [0.2, 0.25) is 0 Å². The van der Waals surface area contributed by atoms with Gasteiger partial charge in [0.25, 0.3) is 0 Å². The van der Waals surface area contributed by atoms with Gasteiger partial charge in [-0.15, -0.1) is 6.58 Å². The molecule has 0 aliphatic rings. The number of hydrogen-bond donors (Lipinski definition) is 2. The summed E-state index contributed by atoms with van der Waals surface area (Å²) in [5.74, 6) is 0.341. The molecule has 0 spiro atoms. The summed E-state index contributed by atoms with van der Waals surface area (Å²) in [4.78, 5) is 0. The first-order valence-electron chi connectivity index (χ1n) is 4.67. The van der Waals surface area contributed by atoms with Crippen LogP contribution in [0.5, 0.6) is 0 Å². The molecule has 2 unspecified atom stereocenters. The van der Waals surface area contributed by atoms with Gasteiger partial charge >= 0.3 is 0 Å². The fraction of sp³-hybridized carbons (Fsp3) is 0.800. The van der Waals surface area contributed by atoms with Crippen LogP contribution in [0.1, 0.15) is 26.7 Å². The Morgan fingerprint density at radius 1 is 1.50 bits per heavy atom. The number of hydrogen-bond acceptors (Lipinski definition) is 2. The zero-order chi connectivity index (χ0) is 9.40. The molecule has 0 saturated heterocycles. The van der Waals surface area contributed by atoms with Gasteiger partial charge in [0.2, 0.25) is 0 Å². The van der Waals surface area contributed by atoms with E-state index < -0.39 is 0 Å². The molecule has 2 heteroatoms. The Kier molecular flexibility index (Phi) is 7.11. The number of nitrogens with one attached hydrogen (secondary N) is 1. The van der Waals surface area contributed by atoms with Crippen molar-refractivity contribution < 1.29 is 5.11 Å². The summed E-state index contributed by atoms with van der Waals surface area (Å²) in [7, 11) is 0. The first-order valence-corrected chi connectivity index (χ1v) is 4.67. The maximum atomic E-state index is 8.85. The molecule has 0 aromatic rings. The predicted octanol–water partition coefficient (Wildman–Crippen LogP) is 1.56. The fourth-order valence-electron chi connectivity index (χ4n) is 0.935. The second kappa shape index (κ2) is 7.32. The molecule has 12 heavy (non-hydrogen) atoms. The number of aliphatic hydroxyl groups excluding tert-OH is 1. The van der Waals surface area contributed by atoms with E-state index >= 15 is 0 Å². The molecular formula is C10H21NO. The highest BCUT2D eigenvalue weighted by Crippen LogP contribution is 2.00. The average molecular weight is 171 g/mol. The van der Waals surface area contributed by atoms with Gasteiger partial charge in [-0.05, 0) is 32.2 Å². The third-order valence-corrected chi connectivity index (χ3v) is 2.19. The highest BCUT2D eigenvalue weighted by atomic mass is 16.3. The quantitative estimate of drug-likeness (QED) is 0.450. The molecule has 0 fully saturated rings. The van der Waals surface area contributed by atoms with Crippen LogP contribution in [0, 0.1) is 5.92 Å². The van der Waals surface area contributed by atoms with Crippen molar-refractivity contribution in [3.05, 3.63) is 12.7 Å². The van der Waals surface area contributed by atoms with E-state index in [1.165, 1.54) is 0 Å². The minimum atomic E-state index is 0.260. The lowest BCUT2D eigenvalue weighted by Gasteiger charge is -2.18. The summed E-state index contributed by atoms with van der Waals surface area (Å²) >= 11 is 0. The fourth-order valence-corrected chi connectivity index (χ4v) is 0.935. The van der Waals surface area contributed by atoms with Crippen molar-refractivity contribution in [1.29, 1.82) is 0 Å². The van der Waals surface area contributed by atoms with E-state index in [0.717, 1.165) is 19.4 Å². The van der Waals surface area contributed by atoms with Crippen molar-refractivity contribution >= 4 is 0 Å². The monoisotopic (exact) mass is 171 g/mol. The molecule has 0 radical (unpaired) electrons. The van der Waals surface area contributed by atoms with E-state index in [4.69, 9.17) is 5.11 Å². The van der Waals surface area contributed by atoms with Gasteiger partial charge in [-0.3, -0.25) is 0 Å². The smallest absolute Gasteiger partial charge is 0.0471 e. The molecule has 2 nitrogen and oxygen atoms in total. The van der Waals surface area contributed by atoms with Crippen LogP contribution in [0.4, 0.5) is 0 Å². The predicted molar refractivity (Wildman–Crippen MR) is 53.1 cm³/mol. The van der Waals surface area contributed by atoms with E-state index in [-0.39, 0.29) is 6.61 Å². The Bertz CT molecular complexity index is 114.